The second kappa shape index (κ2) is 5.28. The Morgan fingerprint density at radius 2 is 1.90 bits per heavy atom. The summed E-state index contributed by atoms with van der Waals surface area (Å²) in [5.41, 5.74) is 6.33. The van der Waals surface area contributed by atoms with E-state index in [1.807, 2.05) is 0 Å². The molecule has 1 aliphatic rings. The first kappa shape index (κ1) is 13.2. The third-order valence-electron chi connectivity index (χ3n) is 3.11. The molecule has 0 saturated carbocycles. The Hall–Kier alpha value is -2.83. The lowest BCUT2D eigenvalue weighted by Crippen LogP contribution is -1.99. The van der Waals surface area contributed by atoms with Crippen LogP contribution in [0.4, 0.5) is 11.5 Å². The first-order valence-electron chi connectivity index (χ1n) is 6.46. The number of anilines is 1. The van der Waals surface area contributed by atoms with Gasteiger partial charge in [0.2, 0.25) is 0 Å². The van der Waals surface area contributed by atoms with Crippen LogP contribution in [0.5, 0.6) is 11.5 Å². The third kappa shape index (κ3) is 2.58. The summed E-state index contributed by atoms with van der Waals surface area (Å²) >= 11 is 0. The molecule has 0 aliphatic carbocycles. The molecule has 0 amide bonds. The van der Waals surface area contributed by atoms with Crippen molar-refractivity contribution in [2.24, 2.45) is 0 Å². The molecular weight excluding hydrogens is 274 g/mol. The Morgan fingerprint density at radius 3 is 2.67 bits per heavy atom. The molecule has 108 valence electrons. The zero-order valence-electron chi connectivity index (χ0n) is 11.1. The van der Waals surface area contributed by atoms with Crippen molar-refractivity contribution in [3.8, 4) is 22.8 Å². The standard InChI is InChI=1S/C14H13N3O4/c15-13-5-3-10(17(18)19)14(16-13)9-2-4-11-12(8-9)21-7-1-6-20-11/h2-5,8H,1,6-7H2,(H2,15,16). The lowest BCUT2D eigenvalue weighted by Gasteiger charge is -2.09. The van der Waals surface area contributed by atoms with Gasteiger partial charge in [-0.2, -0.15) is 0 Å². The molecule has 0 atom stereocenters. The summed E-state index contributed by atoms with van der Waals surface area (Å²) in [6.07, 6.45) is 0.792. The van der Waals surface area contributed by atoms with Crippen molar-refractivity contribution < 1.29 is 14.4 Å². The van der Waals surface area contributed by atoms with Gasteiger partial charge in [-0.05, 0) is 24.3 Å². The summed E-state index contributed by atoms with van der Waals surface area (Å²) in [7, 11) is 0. The summed E-state index contributed by atoms with van der Waals surface area (Å²) in [6.45, 7) is 1.13. The number of pyridine rings is 1. The Labute approximate surface area is 120 Å². The molecule has 0 unspecified atom stereocenters. The molecule has 21 heavy (non-hydrogen) atoms. The number of hydrogen-bond acceptors (Lipinski definition) is 6. The van der Waals surface area contributed by atoms with E-state index in [0.717, 1.165) is 6.42 Å². The van der Waals surface area contributed by atoms with Gasteiger partial charge >= 0.3 is 0 Å². The maximum absolute atomic E-state index is 11.1. The number of hydrogen-bond donors (Lipinski definition) is 1. The minimum absolute atomic E-state index is 0.0984. The van der Waals surface area contributed by atoms with Crippen LogP contribution < -0.4 is 15.2 Å². The van der Waals surface area contributed by atoms with Crippen molar-refractivity contribution in [3.05, 3.63) is 40.4 Å². The number of ether oxygens (including phenoxy) is 2. The molecule has 1 aromatic carbocycles. The normalized spacial score (nSPS) is 13.5. The van der Waals surface area contributed by atoms with E-state index in [0.29, 0.717) is 30.3 Å². The summed E-state index contributed by atoms with van der Waals surface area (Å²) < 4.78 is 11.1. The quantitative estimate of drug-likeness (QED) is 0.672. The van der Waals surface area contributed by atoms with Crippen LogP contribution in [0.1, 0.15) is 6.42 Å². The zero-order valence-corrected chi connectivity index (χ0v) is 11.1. The molecule has 2 heterocycles. The lowest BCUT2D eigenvalue weighted by atomic mass is 10.1. The minimum atomic E-state index is -0.481. The number of nitrogens with zero attached hydrogens (tertiary/aromatic N) is 2. The molecule has 0 bridgehead atoms. The Morgan fingerprint density at radius 1 is 1.14 bits per heavy atom. The van der Waals surface area contributed by atoms with Crippen molar-refractivity contribution in [2.75, 3.05) is 18.9 Å². The van der Waals surface area contributed by atoms with Crippen LogP contribution in [0, 0.1) is 10.1 Å². The Balaban J connectivity index is 2.10. The number of fused-ring (bicyclic) bond motifs is 1. The molecule has 0 saturated heterocycles. The van der Waals surface area contributed by atoms with E-state index >= 15 is 0 Å². The second-order valence-electron chi connectivity index (χ2n) is 4.57. The molecule has 7 heteroatoms. The first-order chi connectivity index (χ1) is 10.1. The molecule has 1 aromatic heterocycles. The molecule has 0 radical (unpaired) electrons. The van der Waals surface area contributed by atoms with Crippen LogP contribution in [-0.4, -0.2) is 23.1 Å². The summed E-state index contributed by atoms with van der Waals surface area (Å²) in [6, 6.07) is 7.88. The predicted octanol–water partition coefficient (Wildman–Crippen LogP) is 2.40. The van der Waals surface area contributed by atoms with Crippen molar-refractivity contribution in [1.82, 2.24) is 4.98 Å². The van der Waals surface area contributed by atoms with Gasteiger partial charge < -0.3 is 15.2 Å². The highest BCUT2D eigenvalue weighted by atomic mass is 16.6. The molecular formula is C14H13N3O4. The van der Waals surface area contributed by atoms with E-state index in [9.17, 15) is 10.1 Å². The van der Waals surface area contributed by atoms with Crippen molar-refractivity contribution in [2.45, 2.75) is 6.42 Å². The van der Waals surface area contributed by atoms with Gasteiger partial charge in [-0.1, -0.05) is 0 Å². The zero-order chi connectivity index (χ0) is 14.8. The minimum Gasteiger partial charge on any atom is -0.490 e. The van der Waals surface area contributed by atoms with E-state index in [2.05, 4.69) is 4.98 Å². The number of nitrogens with two attached hydrogens (primary N) is 1. The van der Waals surface area contributed by atoms with Crippen molar-refractivity contribution in [1.29, 1.82) is 0 Å². The maximum atomic E-state index is 11.1. The average molecular weight is 287 g/mol. The number of aromatic nitrogens is 1. The molecule has 2 N–H and O–H groups in total. The second-order valence-corrected chi connectivity index (χ2v) is 4.57. The van der Waals surface area contributed by atoms with Crippen LogP contribution in [0.15, 0.2) is 30.3 Å². The van der Waals surface area contributed by atoms with Crippen LogP contribution in [0.25, 0.3) is 11.3 Å². The van der Waals surface area contributed by atoms with Gasteiger partial charge in [-0.25, -0.2) is 4.98 Å². The van der Waals surface area contributed by atoms with Crippen LogP contribution >= 0.6 is 0 Å². The van der Waals surface area contributed by atoms with Gasteiger partial charge in [0, 0.05) is 18.1 Å². The van der Waals surface area contributed by atoms with Gasteiger partial charge in [0.25, 0.3) is 5.69 Å². The van der Waals surface area contributed by atoms with Crippen molar-refractivity contribution in [3.63, 3.8) is 0 Å². The van der Waals surface area contributed by atoms with Crippen LogP contribution in [0.3, 0.4) is 0 Å². The highest BCUT2D eigenvalue weighted by molar-refractivity contribution is 5.73. The van der Waals surface area contributed by atoms with Gasteiger partial charge in [0.15, 0.2) is 17.2 Å². The largest absolute Gasteiger partial charge is 0.490 e. The van der Waals surface area contributed by atoms with Gasteiger partial charge in [0.05, 0.1) is 18.1 Å². The topological polar surface area (TPSA) is 101 Å². The van der Waals surface area contributed by atoms with E-state index in [4.69, 9.17) is 15.2 Å². The fourth-order valence-corrected chi connectivity index (χ4v) is 2.14. The first-order valence-corrected chi connectivity index (χ1v) is 6.46. The fraction of sp³-hybridized carbons (Fsp3) is 0.214. The molecule has 1 aliphatic heterocycles. The van der Waals surface area contributed by atoms with E-state index in [1.165, 1.54) is 12.1 Å². The molecule has 0 fully saturated rings. The Kier molecular flexibility index (Phi) is 3.31. The SMILES string of the molecule is Nc1ccc([N+](=O)[O-])c(-c2ccc3c(c2)OCCCO3)n1. The van der Waals surface area contributed by atoms with Gasteiger partial charge in [-0.3, -0.25) is 10.1 Å². The smallest absolute Gasteiger partial charge is 0.295 e. The number of rotatable bonds is 2. The molecule has 2 aromatic rings. The Bertz CT molecular complexity index is 703. The fourth-order valence-electron chi connectivity index (χ4n) is 2.14. The van der Waals surface area contributed by atoms with Gasteiger partial charge in [-0.15, -0.1) is 0 Å². The molecule has 7 nitrogen and oxygen atoms in total. The number of nitro groups is 1. The summed E-state index contributed by atoms with van der Waals surface area (Å²) in [5.74, 6) is 1.41. The number of benzene rings is 1. The molecule has 0 spiro atoms. The van der Waals surface area contributed by atoms with Gasteiger partial charge in [0.1, 0.15) is 5.82 Å². The van der Waals surface area contributed by atoms with E-state index < -0.39 is 4.92 Å². The monoisotopic (exact) mass is 287 g/mol. The third-order valence-corrected chi connectivity index (χ3v) is 3.11. The van der Waals surface area contributed by atoms with Crippen LogP contribution in [-0.2, 0) is 0 Å². The summed E-state index contributed by atoms with van der Waals surface area (Å²) in [4.78, 5) is 14.7. The molecule has 3 rings (SSSR count). The maximum Gasteiger partial charge on any atom is 0.295 e. The van der Waals surface area contributed by atoms with Crippen molar-refractivity contribution >= 4 is 11.5 Å². The predicted molar refractivity (Wildman–Crippen MR) is 76.3 cm³/mol. The summed E-state index contributed by atoms with van der Waals surface area (Å²) in [5, 5.41) is 11.1. The highest BCUT2D eigenvalue weighted by Crippen LogP contribution is 2.36. The van der Waals surface area contributed by atoms with Crippen LogP contribution in [0.2, 0.25) is 0 Å². The average Bonchev–Trinajstić information content (AvgIpc) is 2.71. The highest BCUT2D eigenvalue weighted by Gasteiger charge is 2.19. The lowest BCUT2D eigenvalue weighted by molar-refractivity contribution is -0.384. The van der Waals surface area contributed by atoms with E-state index in [-0.39, 0.29) is 17.2 Å². The van der Waals surface area contributed by atoms with E-state index in [1.54, 1.807) is 18.2 Å². The number of nitrogen functional groups attached to an aromatic ring is 1.